The van der Waals surface area contributed by atoms with Gasteiger partial charge in [0.05, 0.1) is 12.1 Å². The van der Waals surface area contributed by atoms with E-state index in [0.29, 0.717) is 0 Å². The normalized spacial score (nSPS) is 25.2. The number of hydrogen-bond acceptors (Lipinski definition) is 3. The first kappa shape index (κ1) is 15.7. The number of carbonyl (C=O) groups is 2. The van der Waals surface area contributed by atoms with Crippen molar-refractivity contribution in [2.45, 2.75) is 44.6 Å². The van der Waals surface area contributed by atoms with Gasteiger partial charge in [-0.15, -0.1) is 0 Å². The van der Waals surface area contributed by atoms with Crippen molar-refractivity contribution in [3.8, 4) is 0 Å². The van der Waals surface area contributed by atoms with E-state index in [-0.39, 0.29) is 13.1 Å². The molecule has 2 atom stereocenters. The Balaban J connectivity index is 2.06. The minimum Gasteiger partial charge on any atom is -0.444 e. The lowest BCUT2D eigenvalue weighted by molar-refractivity contribution is -0.190. The summed E-state index contributed by atoms with van der Waals surface area (Å²) in [4.78, 5) is 25.5. The Morgan fingerprint density at radius 3 is 1.95 bits per heavy atom. The van der Waals surface area contributed by atoms with Gasteiger partial charge in [0.1, 0.15) is 5.60 Å². The minimum absolute atomic E-state index is 0.00370. The van der Waals surface area contributed by atoms with Crippen molar-refractivity contribution in [1.29, 1.82) is 0 Å². The number of rotatable bonds is 0. The molecule has 0 radical (unpaired) electrons. The number of fused-ring (bicyclic) bond motifs is 2. The van der Waals surface area contributed by atoms with E-state index in [1.165, 1.54) is 17.1 Å². The summed E-state index contributed by atoms with van der Waals surface area (Å²) in [5.41, 5.74) is -0.678. The average Bonchev–Trinajstić information content (AvgIpc) is 2.54. The third-order valence-electron chi connectivity index (χ3n) is 3.21. The molecule has 0 aromatic rings. The molecular formula is C13H17F3N2O3. The molecule has 8 heteroatoms. The molecule has 0 spiro atoms. The number of halogens is 3. The Morgan fingerprint density at radius 1 is 1.10 bits per heavy atom. The van der Waals surface area contributed by atoms with Gasteiger partial charge in [0, 0.05) is 13.1 Å². The predicted octanol–water partition coefficient (Wildman–Crippen LogP) is 1.93. The van der Waals surface area contributed by atoms with E-state index in [4.69, 9.17) is 4.74 Å². The molecule has 2 heterocycles. The maximum atomic E-state index is 12.6. The largest absolute Gasteiger partial charge is 0.471 e. The zero-order valence-corrected chi connectivity index (χ0v) is 12.0. The van der Waals surface area contributed by atoms with Crippen molar-refractivity contribution in [2.24, 2.45) is 0 Å². The number of carbonyl (C=O) groups excluding carboxylic acids is 2. The van der Waals surface area contributed by atoms with Crippen LogP contribution in [0.25, 0.3) is 0 Å². The number of piperazine rings is 1. The second-order valence-corrected chi connectivity index (χ2v) is 6.12. The summed E-state index contributed by atoms with van der Waals surface area (Å²) < 4.78 is 42.9. The van der Waals surface area contributed by atoms with Crippen LogP contribution in [0.1, 0.15) is 20.8 Å². The van der Waals surface area contributed by atoms with Crippen LogP contribution in [0.2, 0.25) is 0 Å². The van der Waals surface area contributed by atoms with E-state index in [2.05, 4.69) is 0 Å². The molecule has 1 saturated heterocycles. The highest BCUT2D eigenvalue weighted by atomic mass is 19.4. The predicted molar refractivity (Wildman–Crippen MR) is 67.4 cm³/mol. The molecule has 2 bridgehead atoms. The van der Waals surface area contributed by atoms with Gasteiger partial charge in [-0.25, -0.2) is 4.79 Å². The van der Waals surface area contributed by atoms with Crippen molar-refractivity contribution in [1.82, 2.24) is 9.80 Å². The first-order valence-corrected chi connectivity index (χ1v) is 6.55. The van der Waals surface area contributed by atoms with E-state index >= 15 is 0 Å². The SMILES string of the molecule is CC(C)(C)OC(=O)N1CC2C=CC(C1)N2C(=O)C(F)(F)F. The Labute approximate surface area is 120 Å². The van der Waals surface area contributed by atoms with Crippen LogP contribution in [-0.4, -0.2) is 58.8 Å². The molecule has 2 aliphatic heterocycles. The molecule has 0 aliphatic carbocycles. The summed E-state index contributed by atoms with van der Waals surface area (Å²) >= 11 is 0. The molecule has 2 rings (SSSR count). The van der Waals surface area contributed by atoms with Crippen LogP contribution in [0, 0.1) is 0 Å². The van der Waals surface area contributed by atoms with Crippen molar-refractivity contribution in [3.63, 3.8) is 0 Å². The van der Waals surface area contributed by atoms with Gasteiger partial charge < -0.3 is 14.5 Å². The summed E-state index contributed by atoms with van der Waals surface area (Å²) in [7, 11) is 0. The van der Waals surface area contributed by atoms with Gasteiger partial charge in [0.15, 0.2) is 0 Å². The van der Waals surface area contributed by atoms with Gasteiger partial charge in [-0.2, -0.15) is 13.2 Å². The molecule has 5 nitrogen and oxygen atoms in total. The van der Waals surface area contributed by atoms with Gasteiger partial charge in [-0.05, 0) is 20.8 Å². The van der Waals surface area contributed by atoms with Crippen LogP contribution >= 0.6 is 0 Å². The van der Waals surface area contributed by atoms with Gasteiger partial charge in [-0.3, -0.25) is 4.79 Å². The third-order valence-corrected chi connectivity index (χ3v) is 3.21. The Bertz CT molecular complexity index is 466. The highest BCUT2D eigenvalue weighted by Gasteiger charge is 2.50. The topological polar surface area (TPSA) is 49.9 Å². The van der Waals surface area contributed by atoms with Crippen LogP contribution in [0.15, 0.2) is 12.2 Å². The molecule has 2 aliphatic rings. The monoisotopic (exact) mass is 306 g/mol. The van der Waals surface area contributed by atoms with Crippen LogP contribution < -0.4 is 0 Å². The number of nitrogens with zero attached hydrogens (tertiary/aromatic N) is 2. The lowest BCUT2D eigenvalue weighted by Gasteiger charge is -2.41. The molecule has 1 fully saturated rings. The number of hydrogen-bond donors (Lipinski definition) is 0. The van der Waals surface area contributed by atoms with Crippen molar-refractivity contribution in [3.05, 3.63) is 12.2 Å². The van der Waals surface area contributed by atoms with Gasteiger partial charge >= 0.3 is 18.2 Å². The quantitative estimate of drug-likeness (QED) is 0.643. The van der Waals surface area contributed by atoms with Gasteiger partial charge in [0.25, 0.3) is 0 Å². The zero-order chi connectivity index (χ0) is 16.0. The summed E-state index contributed by atoms with van der Waals surface area (Å²) in [5.74, 6) is -1.87. The highest BCUT2D eigenvalue weighted by Crippen LogP contribution is 2.30. The fourth-order valence-electron chi connectivity index (χ4n) is 2.43. The lowest BCUT2D eigenvalue weighted by atomic mass is 10.1. The van der Waals surface area contributed by atoms with Crippen molar-refractivity contribution >= 4 is 12.0 Å². The Morgan fingerprint density at radius 2 is 1.57 bits per heavy atom. The summed E-state index contributed by atoms with van der Waals surface area (Å²) in [6, 6.07) is -1.52. The second kappa shape index (κ2) is 4.92. The van der Waals surface area contributed by atoms with Crippen LogP contribution in [-0.2, 0) is 9.53 Å². The van der Waals surface area contributed by atoms with Gasteiger partial charge in [-0.1, -0.05) is 12.2 Å². The van der Waals surface area contributed by atoms with Crippen LogP contribution in [0.5, 0.6) is 0 Å². The first-order chi connectivity index (χ1) is 9.49. The molecule has 2 unspecified atom stereocenters. The average molecular weight is 306 g/mol. The van der Waals surface area contributed by atoms with Crippen LogP contribution in [0.3, 0.4) is 0 Å². The maximum Gasteiger partial charge on any atom is 0.471 e. The molecular weight excluding hydrogens is 289 g/mol. The Hall–Kier alpha value is -1.73. The summed E-state index contributed by atoms with van der Waals surface area (Å²) in [5, 5.41) is 0. The fourth-order valence-corrected chi connectivity index (χ4v) is 2.43. The summed E-state index contributed by atoms with van der Waals surface area (Å²) in [6.45, 7) is 5.14. The van der Waals surface area contributed by atoms with E-state index < -0.39 is 35.9 Å². The molecule has 2 amide bonds. The standard InChI is InChI=1S/C13H17F3N2O3/c1-12(2,3)21-11(20)17-6-8-4-5-9(7-17)18(8)10(19)13(14,15)16/h4-5,8-9H,6-7H2,1-3H3. The first-order valence-electron chi connectivity index (χ1n) is 6.55. The third kappa shape index (κ3) is 3.30. The van der Waals surface area contributed by atoms with E-state index in [1.807, 2.05) is 0 Å². The molecule has 0 aromatic carbocycles. The van der Waals surface area contributed by atoms with E-state index in [9.17, 15) is 22.8 Å². The van der Waals surface area contributed by atoms with Crippen molar-refractivity contribution < 1.29 is 27.5 Å². The van der Waals surface area contributed by atoms with Gasteiger partial charge in [0.2, 0.25) is 0 Å². The molecule has 0 N–H and O–H groups in total. The van der Waals surface area contributed by atoms with E-state index in [0.717, 1.165) is 4.90 Å². The molecule has 0 aromatic heterocycles. The Kier molecular flexibility index (Phi) is 3.67. The van der Waals surface area contributed by atoms with E-state index in [1.54, 1.807) is 20.8 Å². The van der Waals surface area contributed by atoms with Crippen LogP contribution in [0.4, 0.5) is 18.0 Å². The second-order valence-electron chi connectivity index (χ2n) is 6.12. The summed E-state index contributed by atoms with van der Waals surface area (Å²) in [6.07, 6.45) is -2.44. The number of ether oxygens (including phenoxy) is 1. The van der Waals surface area contributed by atoms with Crippen molar-refractivity contribution in [2.75, 3.05) is 13.1 Å². The molecule has 21 heavy (non-hydrogen) atoms. The zero-order valence-electron chi connectivity index (χ0n) is 12.0. The number of alkyl halides is 3. The lowest BCUT2D eigenvalue weighted by Crippen LogP contribution is -2.60. The molecule has 0 saturated carbocycles. The number of amides is 2. The maximum absolute atomic E-state index is 12.6. The smallest absolute Gasteiger partial charge is 0.444 e. The minimum atomic E-state index is -4.91. The molecule has 118 valence electrons. The highest BCUT2D eigenvalue weighted by molar-refractivity contribution is 5.84. The fraction of sp³-hybridized carbons (Fsp3) is 0.692.